The molecule has 2 nitrogen and oxygen atoms in total. The Labute approximate surface area is 117 Å². The smallest absolute Gasteiger partial charge is 0.117 e. The number of nitrogens with one attached hydrogen (secondary N) is 1. The maximum absolute atomic E-state index is 4.45. The molecule has 3 rings (SSSR count). The lowest BCUT2D eigenvalue weighted by molar-refractivity contribution is 0.807. The van der Waals surface area contributed by atoms with Gasteiger partial charge >= 0.3 is 0 Å². The van der Waals surface area contributed by atoms with Crippen LogP contribution in [0.3, 0.4) is 0 Å². The maximum atomic E-state index is 4.45. The summed E-state index contributed by atoms with van der Waals surface area (Å²) in [6.07, 6.45) is 0. The Bertz CT molecular complexity index is 661. The third kappa shape index (κ3) is 2.61. The first-order valence-corrected chi connectivity index (χ1v) is 7.25. The van der Waals surface area contributed by atoms with Crippen molar-refractivity contribution in [3.63, 3.8) is 0 Å². The molecule has 1 N–H and O–H groups in total. The Balaban J connectivity index is 1.73. The van der Waals surface area contributed by atoms with Crippen LogP contribution in [0.15, 0.2) is 54.6 Å². The van der Waals surface area contributed by atoms with E-state index in [9.17, 15) is 0 Å². The molecule has 96 valence electrons. The Kier molecular flexibility index (Phi) is 3.47. The van der Waals surface area contributed by atoms with Gasteiger partial charge in [-0.15, -0.1) is 0 Å². The molecule has 0 amide bonds. The number of hydrogen-bond donors (Lipinski definition) is 1. The highest BCUT2D eigenvalue weighted by Gasteiger charge is 2.08. The lowest BCUT2D eigenvalue weighted by atomic mass is 10.0. The lowest BCUT2D eigenvalue weighted by Gasteiger charge is -2.12. The number of anilines is 1. The van der Waals surface area contributed by atoms with Crippen molar-refractivity contribution >= 4 is 27.4 Å². The molecular weight excluding hydrogens is 252 g/mol. The largest absolute Gasteiger partial charge is 0.375 e. The van der Waals surface area contributed by atoms with Gasteiger partial charge < -0.3 is 5.32 Å². The normalized spacial score (nSPS) is 12.5. The van der Waals surface area contributed by atoms with Crippen LogP contribution in [0, 0.1) is 0 Å². The minimum atomic E-state index is 0.488. The van der Waals surface area contributed by atoms with Crippen molar-refractivity contribution in [1.29, 1.82) is 0 Å². The highest BCUT2D eigenvalue weighted by molar-refractivity contribution is 7.11. The van der Waals surface area contributed by atoms with Crippen LogP contribution < -0.4 is 5.32 Å². The van der Waals surface area contributed by atoms with Crippen LogP contribution in [0.1, 0.15) is 18.4 Å². The molecule has 0 aliphatic heterocycles. The highest BCUT2D eigenvalue weighted by Crippen LogP contribution is 2.28. The Morgan fingerprint density at radius 1 is 1.05 bits per heavy atom. The van der Waals surface area contributed by atoms with Crippen LogP contribution in [-0.4, -0.2) is 10.9 Å². The second kappa shape index (κ2) is 5.41. The Morgan fingerprint density at radius 3 is 2.63 bits per heavy atom. The summed E-state index contributed by atoms with van der Waals surface area (Å²) >= 11 is 1.54. The van der Waals surface area contributed by atoms with Gasteiger partial charge in [0, 0.05) is 11.9 Å². The van der Waals surface area contributed by atoms with Crippen LogP contribution in [0.25, 0.3) is 10.9 Å². The van der Waals surface area contributed by atoms with Crippen LogP contribution >= 0.6 is 11.5 Å². The standard InChI is InChI=1S/C16H16N2S/c1-12(13-7-3-2-4-8-13)11-17-16-14-9-5-6-10-15(14)18-19-16/h2-10,12,17H,11H2,1H3. The molecule has 1 unspecified atom stereocenters. The van der Waals surface area contributed by atoms with Gasteiger partial charge in [0.05, 0.1) is 5.52 Å². The van der Waals surface area contributed by atoms with E-state index in [2.05, 4.69) is 65.1 Å². The third-order valence-electron chi connectivity index (χ3n) is 3.32. The van der Waals surface area contributed by atoms with Gasteiger partial charge in [-0.05, 0) is 35.1 Å². The first kappa shape index (κ1) is 12.2. The second-order valence-corrected chi connectivity index (χ2v) is 5.49. The fourth-order valence-electron chi connectivity index (χ4n) is 2.16. The molecular formula is C16H16N2S. The van der Waals surface area contributed by atoms with Crippen molar-refractivity contribution in [2.45, 2.75) is 12.8 Å². The summed E-state index contributed by atoms with van der Waals surface area (Å²) in [5, 5.41) is 5.90. The minimum absolute atomic E-state index is 0.488. The van der Waals surface area contributed by atoms with E-state index in [0.717, 1.165) is 12.1 Å². The zero-order valence-corrected chi connectivity index (χ0v) is 11.7. The molecule has 1 heterocycles. The van der Waals surface area contributed by atoms with Crippen molar-refractivity contribution in [2.75, 3.05) is 11.9 Å². The molecule has 0 aliphatic rings. The summed E-state index contributed by atoms with van der Waals surface area (Å²) in [7, 11) is 0. The Hall–Kier alpha value is -1.87. The van der Waals surface area contributed by atoms with E-state index in [4.69, 9.17) is 0 Å². The van der Waals surface area contributed by atoms with Crippen molar-refractivity contribution in [2.24, 2.45) is 0 Å². The van der Waals surface area contributed by atoms with Crippen LogP contribution in [0.2, 0.25) is 0 Å². The number of nitrogens with zero attached hydrogens (tertiary/aromatic N) is 1. The minimum Gasteiger partial charge on any atom is -0.375 e. The molecule has 2 aromatic carbocycles. The van der Waals surface area contributed by atoms with Gasteiger partial charge in [0.1, 0.15) is 5.00 Å². The molecule has 0 fully saturated rings. The SMILES string of the molecule is CC(CNc1snc2ccccc12)c1ccccc1. The Morgan fingerprint density at radius 2 is 1.79 bits per heavy atom. The molecule has 1 aromatic heterocycles. The summed E-state index contributed by atoms with van der Waals surface area (Å²) in [5.74, 6) is 0.488. The summed E-state index contributed by atoms with van der Waals surface area (Å²) in [6.45, 7) is 3.17. The van der Waals surface area contributed by atoms with E-state index in [1.807, 2.05) is 6.07 Å². The van der Waals surface area contributed by atoms with Gasteiger partial charge in [0.15, 0.2) is 0 Å². The highest BCUT2D eigenvalue weighted by atomic mass is 32.1. The van der Waals surface area contributed by atoms with E-state index in [0.29, 0.717) is 5.92 Å². The van der Waals surface area contributed by atoms with Crippen molar-refractivity contribution < 1.29 is 0 Å². The second-order valence-electron chi connectivity index (χ2n) is 4.72. The van der Waals surface area contributed by atoms with Crippen LogP contribution in [0.4, 0.5) is 5.00 Å². The van der Waals surface area contributed by atoms with Crippen molar-refractivity contribution in [1.82, 2.24) is 4.37 Å². The molecule has 19 heavy (non-hydrogen) atoms. The van der Waals surface area contributed by atoms with Crippen LogP contribution in [-0.2, 0) is 0 Å². The summed E-state index contributed by atoms with van der Waals surface area (Å²) in [5.41, 5.74) is 2.44. The molecule has 1 atom stereocenters. The quantitative estimate of drug-likeness (QED) is 0.753. The summed E-state index contributed by atoms with van der Waals surface area (Å²) in [6, 6.07) is 18.9. The summed E-state index contributed by atoms with van der Waals surface area (Å²) in [4.78, 5) is 0. The van der Waals surface area contributed by atoms with E-state index >= 15 is 0 Å². The van der Waals surface area contributed by atoms with Crippen LogP contribution in [0.5, 0.6) is 0 Å². The maximum Gasteiger partial charge on any atom is 0.117 e. The predicted octanol–water partition coefficient (Wildman–Crippen LogP) is 4.51. The van der Waals surface area contributed by atoms with Gasteiger partial charge in [-0.25, -0.2) is 0 Å². The molecule has 0 spiro atoms. The zero-order chi connectivity index (χ0) is 13.1. The molecule has 0 saturated heterocycles. The lowest BCUT2D eigenvalue weighted by Crippen LogP contribution is -2.08. The van der Waals surface area contributed by atoms with E-state index in [1.165, 1.54) is 27.5 Å². The van der Waals surface area contributed by atoms with Crippen molar-refractivity contribution in [3.8, 4) is 0 Å². The van der Waals surface area contributed by atoms with Gasteiger partial charge in [0.25, 0.3) is 0 Å². The number of benzene rings is 2. The first-order chi connectivity index (χ1) is 9.34. The number of aromatic nitrogens is 1. The molecule has 0 bridgehead atoms. The molecule has 0 saturated carbocycles. The zero-order valence-electron chi connectivity index (χ0n) is 10.8. The van der Waals surface area contributed by atoms with E-state index in [1.54, 1.807) is 0 Å². The molecule has 0 aliphatic carbocycles. The monoisotopic (exact) mass is 268 g/mol. The van der Waals surface area contributed by atoms with Crippen molar-refractivity contribution in [3.05, 3.63) is 60.2 Å². The first-order valence-electron chi connectivity index (χ1n) is 6.48. The van der Waals surface area contributed by atoms with Gasteiger partial charge in [-0.1, -0.05) is 49.4 Å². The average Bonchev–Trinajstić information content (AvgIpc) is 2.89. The fourth-order valence-corrected chi connectivity index (χ4v) is 2.93. The molecule has 3 heteroatoms. The number of fused-ring (bicyclic) bond motifs is 1. The predicted molar refractivity (Wildman–Crippen MR) is 83.0 cm³/mol. The number of rotatable bonds is 4. The fraction of sp³-hybridized carbons (Fsp3) is 0.188. The average molecular weight is 268 g/mol. The van der Waals surface area contributed by atoms with E-state index < -0.39 is 0 Å². The molecule has 3 aromatic rings. The van der Waals surface area contributed by atoms with Gasteiger partial charge in [-0.2, -0.15) is 4.37 Å². The topological polar surface area (TPSA) is 24.9 Å². The van der Waals surface area contributed by atoms with E-state index in [-0.39, 0.29) is 0 Å². The number of hydrogen-bond acceptors (Lipinski definition) is 3. The molecule has 0 radical (unpaired) electrons. The van der Waals surface area contributed by atoms with Gasteiger partial charge in [0.2, 0.25) is 0 Å². The summed E-state index contributed by atoms with van der Waals surface area (Å²) < 4.78 is 4.45. The third-order valence-corrected chi connectivity index (χ3v) is 4.16. The van der Waals surface area contributed by atoms with Gasteiger partial charge in [-0.3, -0.25) is 0 Å².